The maximum absolute atomic E-state index is 12.2. The van der Waals surface area contributed by atoms with Gasteiger partial charge in [0.1, 0.15) is 0 Å². The quantitative estimate of drug-likeness (QED) is 0.701. The Kier molecular flexibility index (Phi) is 2.73. The molecular weight excluding hydrogens is 224 g/mol. The Balaban J connectivity index is 2.24. The fourth-order valence-electron chi connectivity index (χ4n) is 3.48. The summed E-state index contributed by atoms with van der Waals surface area (Å²) in [7, 11) is 1.48. The Morgan fingerprint density at radius 2 is 1.89 bits per heavy atom. The van der Waals surface area contributed by atoms with Crippen molar-refractivity contribution < 1.29 is 9.53 Å². The molecule has 0 aromatic heterocycles. The van der Waals surface area contributed by atoms with E-state index in [9.17, 15) is 4.79 Å². The van der Waals surface area contributed by atoms with Crippen molar-refractivity contribution in [2.24, 2.45) is 5.41 Å². The van der Waals surface area contributed by atoms with Crippen molar-refractivity contribution in [1.82, 2.24) is 0 Å². The number of benzene rings is 1. The lowest BCUT2D eigenvalue weighted by atomic mass is 9.70. The van der Waals surface area contributed by atoms with E-state index in [1.807, 2.05) is 18.2 Å². The fraction of sp³-hybridized carbons (Fsp3) is 0.438. The van der Waals surface area contributed by atoms with Gasteiger partial charge in [0.2, 0.25) is 0 Å². The molecule has 0 saturated heterocycles. The van der Waals surface area contributed by atoms with Crippen LogP contribution >= 0.6 is 0 Å². The molecule has 0 amide bonds. The van der Waals surface area contributed by atoms with Gasteiger partial charge >= 0.3 is 5.97 Å². The molecule has 2 heteroatoms. The van der Waals surface area contributed by atoms with Crippen molar-refractivity contribution in [2.75, 3.05) is 7.11 Å². The average Bonchev–Trinajstić information content (AvgIpc) is 2.72. The molecule has 94 valence electrons. The number of carbonyl (C=O) groups is 1. The highest BCUT2D eigenvalue weighted by Gasteiger charge is 2.40. The third-order valence-corrected chi connectivity index (χ3v) is 4.30. The van der Waals surface area contributed by atoms with Crippen molar-refractivity contribution >= 4 is 17.6 Å². The molecule has 0 unspecified atom stereocenters. The van der Waals surface area contributed by atoms with Crippen LogP contribution in [0.2, 0.25) is 0 Å². The summed E-state index contributed by atoms with van der Waals surface area (Å²) in [5, 5.41) is 2.27. The molecule has 18 heavy (non-hydrogen) atoms. The van der Waals surface area contributed by atoms with Crippen molar-refractivity contribution in [2.45, 2.75) is 32.1 Å². The predicted octanol–water partition coefficient (Wildman–Crippen LogP) is 1.75. The zero-order valence-corrected chi connectivity index (χ0v) is 10.7. The second-order valence-electron chi connectivity index (χ2n) is 5.31. The monoisotopic (exact) mass is 242 g/mol. The maximum Gasteiger partial charge on any atom is 0.335 e. The van der Waals surface area contributed by atoms with Crippen LogP contribution in [-0.4, -0.2) is 13.1 Å². The van der Waals surface area contributed by atoms with Crippen LogP contribution in [0.4, 0.5) is 0 Å². The highest BCUT2D eigenvalue weighted by molar-refractivity contribution is 6.14. The largest absolute Gasteiger partial charge is 0.466 e. The number of fused-ring (bicyclic) bond motifs is 1. The van der Waals surface area contributed by atoms with Gasteiger partial charge in [0.25, 0.3) is 0 Å². The second kappa shape index (κ2) is 4.27. The van der Waals surface area contributed by atoms with E-state index < -0.39 is 0 Å². The van der Waals surface area contributed by atoms with Gasteiger partial charge in [-0.15, -0.1) is 0 Å². The molecule has 1 fully saturated rings. The molecule has 1 saturated carbocycles. The minimum Gasteiger partial charge on any atom is -0.466 e. The van der Waals surface area contributed by atoms with E-state index in [1.165, 1.54) is 31.6 Å². The number of esters is 1. The molecule has 1 aromatic carbocycles. The molecule has 2 aliphatic carbocycles. The first-order valence-corrected chi connectivity index (χ1v) is 6.68. The molecule has 1 spiro atoms. The van der Waals surface area contributed by atoms with Gasteiger partial charge in [-0.25, -0.2) is 4.79 Å². The van der Waals surface area contributed by atoms with Crippen LogP contribution in [0.25, 0.3) is 11.6 Å². The van der Waals surface area contributed by atoms with Crippen molar-refractivity contribution in [3.8, 4) is 0 Å². The predicted molar refractivity (Wildman–Crippen MR) is 71.1 cm³/mol. The molecule has 1 aromatic rings. The lowest BCUT2D eigenvalue weighted by Crippen LogP contribution is -2.30. The van der Waals surface area contributed by atoms with E-state index in [1.54, 1.807) is 0 Å². The van der Waals surface area contributed by atoms with Crippen LogP contribution in [0.1, 0.15) is 32.1 Å². The number of methoxy groups -OCH3 is 1. The molecule has 3 rings (SSSR count). The van der Waals surface area contributed by atoms with Gasteiger partial charge in [0.05, 0.1) is 12.7 Å². The average molecular weight is 242 g/mol. The van der Waals surface area contributed by atoms with Gasteiger partial charge in [-0.2, -0.15) is 0 Å². The van der Waals surface area contributed by atoms with E-state index in [-0.39, 0.29) is 11.4 Å². The zero-order chi connectivity index (χ0) is 12.6. The number of hydrogen-bond acceptors (Lipinski definition) is 2. The van der Waals surface area contributed by atoms with Crippen molar-refractivity contribution in [1.29, 1.82) is 0 Å². The van der Waals surface area contributed by atoms with Gasteiger partial charge in [-0.05, 0) is 23.3 Å². The van der Waals surface area contributed by atoms with E-state index in [0.717, 1.165) is 23.6 Å². The maximum atomic E-state index is 12.2. The molecule has 2 aliphatic rings. The minimum atomic E-state index is -0.155. The summed E-state index contributed by atoms with van der Waals surface area (Å²) < 4.78 is 5.02. The van der Waals surface area contributed by atoms with Gasteiger partial charge in [-0.3, -0.25) is 0 Å². The summed E-state index contributed by atoms with van der Waals surface area (Å²) in [5.74, 6) is -0.155. The van der Waals surface area contributed by atoms with Gasteiger partial charge in [0, 0.05) is 5.41 Å². The molecular formula is C16H18O2. The van der Waals surface area contributed by atoms with Crippen LogP contribution < -0.4 is 10.4 Å². The number of ether oxygens (including phenoxy) is 1. The minimum absolute atomic E-state index is 0.0605. The molecule has 0 aliphatic heterocycles. The van der Waals surface area contributed by atoms with Crippen LogP contribution in [0.3, 0.4) is 0 Å². The summed E-state index contributed by atoms with van der Waals surface area (Å²) in [6.07, 6.45) is 8.13. The summed E-state index contributed by atoms with van der Waals surface area (Å²) in [5.41, 5.74) is 0.829. The van der Waals surface area contributed by atoms with E-state index >= 15 is 0 Å². The molecule has 0 bridgehead atoms. The SMILES string of the molecule is COC(=O)C1=c2ccccc2=CC12CCCCC2. The van der Waals surface area contributed by atoms with E-state index in [4.69, 9.17) is 4.74 Å². The molecule has 0 N–H and O–H groups in total. The Morgan fingerprint density at radius 1 is 1.17 bits per heavy atom. The summed E-state index contributed by atoms with van der Waals surface area (Å²) in [6.45, 7) is 0. The van der Waals surface area contributed by atoms with Crippen molar-refractivity contribution in [3.63, 3.8) is 0 Å². The Labute approximate surface area is 107 Å². The zero-order valence-electron chi connectivity index (χ0n) is 10.7. The Hall–Kier alpha value is -1.57. The van der Waals surface area contributed by atoms with Gasteiger partial charge < -0.3 is 4.74 Å². The highest BCUT2D eigenvalue weighted by Crippen LogP contribution is 2.45. The molecule has 2 nitrogen and oxygen atoms in total. The third-order valence-electron chi connectivity index (χ3n) is 4.30. The second-order valence-corrected chi connectivity index (χ2v) is 5.31. The Bertz CT molecular complexity index is 592. The lowest BCUT2D eigenvalue weighted by Gasteiger charge is -2.33. The van der Waals surface area contributed by atoms with E-state index in [2.05, 4.69) is 12.1 Å². The van der Waals surface area contributed by atoms with Crippen LogP contribution in [-0.2, 0) is 9.53 Å². The van der Waals surface area contributed by atoms with Crippen molar-refractivity contribution in [3.05, 3.63) is 34.7 Å². The van der Waals surface area contributed by atoms with Gasteiger partial charge in [-0.1, -0.05) is 49.6 Å². The summed E-state index contributed by atoms with van der Waals surface area (Å²) in [6, 6.07) is 8.17. The molecule has 0 radical (unpaired) electrons. The first-order valence-electron chi connectivity index (χ1n) is 6.68. The third kappa shape index (κ3) is 1.59. The topological polar surface area (TPSA) is 26.3 Å². The number of carbonyl (C=O) groups excluding carboxylic acids is 1. The normalized spacial score (nSPS) is 20.4. The highest BCUT2D eigenvalue weighted by atomic mass is 16.5. The Morgan fingerprint density at radius 3 is 2.61 bits per heavy atom. The molecule has 0 atom stereocenters. The lowest BCUT2D eigenvalue weighted by molar-refractivity contribution is -0.134. The first-order chi connectivity index (χ1) is 8.77. The summed E-state index contributed by atoms with van der Waals surface area (Å²) >= 11 is 0. The van der Waals surface area contributed by atoms with Crippen LogP contribution in [0.15, 0.2) is 24.3 Å². The fourth-order valence-corrected chi connectivity index (χ4v) is 3.48. The first kappa shape index (κ1) is 11.5. The van der Waals surface area contributed by atoms with Gasteiger partial charge in [0.15, 0.2) is 0 Å². The smallest absolute Gasteiger partial charge is 0.335 e. The van der Waals surface area contributed by atoms with E-state index in [0.29, 0.717) is 0 Å². The number of hydrogen-bond donors (Lipinski definition) is 0. The standard InChI is InChI=1S/C16H18O2/c1-18-15(17)14-13-8-4-3-7-12(13)11-16(14)9-5-2-6-10-16/h3-4,7-8,11H,2,5-6,9-10H2,1H3. The van der Waals surface area contributed by atoms with Crippen LogP contribution in [0, 0.1) is 5.41 Å². The van der Waals surface area contributed by atoms with Crippen LogP contribution in [0.5, 0.6) is 0 Å². The molecule has 0 heterocycles. The number of rotatable bonds is 1. The summed E-state index contributed by atoms with van der Waals surface area (Å²) in [4.78, 5) is 12.2.